The number of benzene rings is 1. The van der Waals surface area contributed by atoms with Crippen molar-refractivity contribution in [2.75, 3.05) is 13.1 Å². The molecule has 0 aliphatic heterocycles. The van der Waals surface area contributed by atoms with Gasteiger partial charge in [-0.3, -0.25) is 0 Å². The van der Waals surface area contributed by atoms with Gasteiger partial charge in [0.1, 0.15) is 0 Å². The monoisotopic (exact) mass is 282 g/mol. The lowest BCUT2D eigenvalue weighted by Crippen LogP contribution is -2.32. The molecule has 0 amide bonds. The zero-order valence-electron chi connectivity index (χ0n) is 11.3. The Labute approximate surface area is 115 Å². The van der Waals surface area contributed by atoms with Crippen molar-refractivity contribution in [3.8, 4) is 0 Å². The molecule has 1 aromatic carbocycles. The molecule has 1 aliphatic rings. The summed E-state index contributed by atoms with van der Waals surface area (Å²) in [6, 6.07) is 6.92. The second-order valence-corrected chi connectivity index (χ2v) is 7.12. The number of hydrogen-bond acceptors (Lipinski definition) is 3. The van der Waals surface area contributed by atoms with Gasteiger partial charge in [0, 0.05) is 6.54 Å². The minimum atomic E-state index is -3.39. The van der Waals surface area contributed by atoms with E-state index in [1.54, 1.807) is 12.1 Å². The summed E-state index contributed by atoms with van der Waals surface area (Å²) in [4.78, 5) is 0.334. The van der Waals surface area contributed by atoms with Crippen LogP contribution in [0.2, 0.25) is 0 Å². The van der Waals surface area contributed by atoms with Crippen LogP contribution in [0.25, 0.3) is 0 Å². The average molecular weight is 282 g/mol. The molecule has 1 aliphatic carbocycles. The fraction of sp³-hybridized carbons (Fsp3) is 0.571. The Balaban J connectivity index is 2.00. The maximum Gasteiger partial charge on any atom is 0.240 e. The SMILES string of the molecule is Cc1ccc(S(=O)(=O)NCC2CCCC2CN)cc1. The van der Waals surface area contributed by atoms with Crippen molar-refractivity contribution in [2.24, 2.45) is 17.6 Å². The summed E-state index contributed by atoms with van der Waals surface area (Å²) >= 11 is 0. The van der Waals surface area contributed by atoms with Gasteiger partial charge in [0.15, 0.2) is 0 Å². The van der Waals surface area contributed by atoms with Crippen molar-refractivity contribution in [3.05, 3.63) is 29.8 Å². The topological polar surface area (TPSA) is 72.2 Å². The van der Waals surface area contributed by atoms with Crippen LogP contribution in [0.3, 0.4) is 0 Å². The molecule has 4 nitrogen and oxygen atoms in total. The maximum absolute atomic E-state index is 12.2. The minimum absolute atomic E-state index is 0.334. The lowest BCUT2D eigenvalue weighted by atomic mass is 9.97. The van der Waals surface area contributed by atoms with Crippen LogP contribution >= 0.6 is 0 Å². The highest BCUT2D eigenvalue weighted by molar-refractivity contribution is 7.89. The molecule has 2 unspecified atom stereocenters. The quantitative estimate of drug-likeness (QED) is 0.862. The van der Waals surface area contributed by atoms with Gasteiger partial charge in [-0.1, -0.05) is 24.1 Å². The summed E-state index contributed by atoms with van der Waals surface area (Å²) in [6.07, 6.45) is 3.34. The Morgan fingerprint density at radius 1 is 1.21 bits per heavy atom. The molecule has 2 atom stereocenters. The van der Waals surface area contributed by atoms with E-state index in [9.17, 15) is 8.42 Å². The number of sulfonamides is 1. The molecule has 3 N–H and O–H groups in total. The van der Waals surface area contributed by atoms with Gasteiger partial charge < -0.3 is 5.73 Å². The molecule has 0 spiro atoms. The number of nitrogens with one attached hydrogen (secondary N) is 1. The molecule has 0 radical (unpaired) electrons. The fourth-order valence-corrected chi connectivity index (χ4v) is 3.80. The Kier molecular flexibility index (Phi) is 4.60. The van der Waals surface area contributed by atoms with Gasteiger partial charge in [-0.25, -0.2) is 13.1 Å². The fourth-order valence-electron chi connectivity index (χ4n) is 2.71. The first-order chi connectivity index (χ1) is 9.03. The van der Waals surface area contributed by atoms with E-state index in [0.29, 0.717) is 29.8 Å². The van der Waals surface area contributed by atoms with Crippen LogP contribution in [0.1, 0.15) is 24.8 Å². The summed E-state index contributed by atoms with van der Waals surface area (Å²) in [5.41, 5.74) is 6.77. The van der Waals surface area contributed by atoms with Crippen LogP contribution < -0.4 is 10.5 Å². The van der Waals surface area contributed by atoms with Crippen molar-refractivity contribution >= 4 is 10.0 Å². The van der Waals surface area contributed by atoms with Crippen molar-refractivity contribution in [3.63, 3.8) is 0 Å². The van der Waals surface area contributed by atoms with Gasteiger partial charge in [-0.15, -0.1) is 0 Å². The largest absolute Gasteiger partial charge is 0.330 e. The third-order valence-electron chi connectivity index (χ3n) is 3.99. The summed E-state index contributed by atoms with van der Waals surface area (Å²) < 4.78 is 27.0. The van der Waals surface area contributed by atoms with Crippen molar-refractivity contribution in [1.29, 1.82) is 0 Å². The van der Waals surface area contributed by atoms with E-state index in [1.165, 1.54) is 0 Å². The molecule has 0 heterocycles. The standard InChI is InChI=1S/C14H22N2O2S/c1-11-5-7-14(8-6-11)19(17,18)16-10-13-4-2-3-12(13)9-15/h5-8,12-13,16H,2-4,9-10,15H2,1H3. The highest BCUT2D eigenvalue weighted by atomic mass is 32.2. The molecule has 2 rings (SSSR count). The van der Waals surface area contributed by atoms with Crippen LogP contribution in [0.5, 0.6) is 0 Å². The first-order valence-electron chi connectivity index (χ1n) is 6.79. The average Bonchev–Trinajstić information content (AvgIpc) is 2.84. The number of nitrogens with two attached hydrogens (primary N) is 1. The maximum atomic E-state index is 12.2. The summed E-state index contributed by atoms with van der Waals surface area (Å²) in [6.45, 7) is 3.09. The van der Waals surface area contributed by atoms with Gasteiger partial charge in [0.2, 0.25) is 10.0 Å². The molecule has 5 heteroatoms. The molecule has 19 heavy (non-hydrogen) atoms. The van der Waals surface area contributed by atoms with Gasteiger partial charge in [-0.2, -0.15) is 0 Å². The Morgan fingerprint density at radius 3 is 2.47 bits per heavy atom. The van der Waals surface area contributed by atoms with Gasteiger partial charge in [-0.05, 0) is 50.3 Å². The van der Waals surface area contributed by atoms with E-state index in [-0.39, 0.29) is 0 Å². The summed E-state index contributed by atoms with van der Waals surface area (Å²) in [5, 5.41) is 0. The van der Waals surface area contributed by atoms with E-state index >= 15 is 0 Å². The molecule has 1 saturated carbocycles. The number of rotatable bonds is 5. The second-order valence-electron chi connectivity index (χ2n) is 5.35. The highest BCUT2D eigenvalue weighted by Gasteiger charge is 2.27. The molecule has 1 aromatic rings. The zero-order valence-corrected chi connectivity index (χ0v) is 12.1. The summed E-state index contributed by atoms with van der Waals surface area (Å²) in [5.74, 6) is 0.839. The van der Waals surface area contributed by atoms with E-state index in [2.05, 4.69) is 4.72 Å². The molecule has 0 aromatic heterocycles. The number of aryl methyl sites for hydroxylation is 1. The third-order valence-corrected chi connectivity index (χ3v) is 5.43. The van der Waals surface area contributed by atoms with Gasteiger partial charge in [0.05, 0.1) is 4.90 Å². The van der Waals surface area contributed by atoms with Crippen LogP contribution in [-0.2, 0) is 10.0 Å². The van der Waals surface area contributed by atoms with Crippen LogP contribution in [0.15, 0.2) is 29.2 Å². The Bertz CT molecular complexity index is 511. The Morgan fingerprint density at radius 2 is 1.84 bits per heavy atom. The first-order valence-corrected chi connectivity index (χ1v) is 8.27. The predicted octanol–water partition coefficient (Wildman–Crippen LogP) is 1.65. The molecule has 0 saturated heterocycles. The van der Waals surface area contributed by atoms with E-state index in [4.69, 9.17) is 5.73 Å². The zero-order chi connectivity index (χ0) is 13.9. The molecular formula is C14H22N2O2S. The predicted molar refractivity (Wildman–Crippen MR) is 76.3 cm³/mol. The van der Waals surface area contributed by atoms with Gasteiger partial charge >= 0.3 is 0 Å². The van der Waals surface area contributed by atoms with Crippen molar-refractivity contribution in [1.82, 2.24) is 4.72 Å². The van der Waals surface area contributed by atoms with Crippen LogP contribution in [0.4, 0.5) is 0 Å². The van der Waals surface area contributed by atoms with Crippen LogP contribution in [0, 0.1) is 18.8 Å². The van der Waals surface area contributed by atoms with E-state index < -0.39 is 10.0 Å². The molecule has 1 fully saturated rings. The lowest BCUT2D eigenvalue weighted by molar-refractivity contribution is 0.393. The smallest absolute Gasteiger partial charge is 0.240 e. The molecule has 106 valence electrons. The third kappa shape index (κ3) is 3.55. The van der Waals surface area contributed by atoms with E-state index in [0.717, 1.165) is 24.8 Å². The van der Waals surface area contributed by atoms with E-state index in [1.807, 2.05) is 19.1 Å². The summed E-state index contributed by atoms with van der Waals surface area (Å²) in [7, 11) is -3.39. The highest BCUT2D eigenvalue weighted by Crippen LogP contribution is 2.30. The molecule has 0 bridgehead atoms. The van der Waals surface area contributed by atoms with Crippen LogP contribution in [-0.4, -0.2) is 21.5 Å². The van der Waals surface area contributed by atoms with Crippen molar-refractivity contribution in [2.45, 2.75) is 31.1 Å². The van der Waals surface area contributed by atoms with Crippen molar-refractivity contribution < 1.29 is 8.42 Å². The first kappa shape index (κ1) is 14.5. The second kappa shape index (κ2) is 6.03. The molecular weight excluding hydrogens is 260 g/mol. The number of hydrogen-bond donors (Lipinski definition) is 2. The lowest BCUT2D eigenvalue weighted by Gasteiger charge is -2.18. The van der Waals surface area contributed by atoms with Gasteiger partial charge in [0.25, 0.3) is 0 Å². The normalized spacial score (nSPS) is 23.7. The Hall–Kier alpha value is -0.910. The minimum Gasteiger partial charge on any atom is -0.330 e.